The summed E-state index contributed by atoms with van der Waals surface area (Å²) in [5.41, 5.74) is 1.21. The van der Waals surface area contributed by atoms with Gasteiger partial charge in [-0.25, -0.2) is 0 Å². The lowest BCUT2D eigenvalue weighted by Crippen LogP contribution is -2.39. The molecule has 96 valence electrons. The van der Waals surface area contributed by atoms with Crippen LogP contribution in [0, 0.1) is 17.2 Å². The Kier molecular flexibility index (Phi) is 3.66. The molecule has 0 unspecified atom stereocenters. The van der Waals surface area contributed by atoms with E-state index in [9.17, 15) is 5.26 Å². The molecule has 1 fully saturated rings. The largest absolute Gasteiger partial charge is 0.297 e. The number of benzene rings is 1. The Morgan fingerprint density at radius 3 is 2.50 bits per heavy atom. The van der Waals surface area contributed by atoms with Crippen molar-refractivity contribution in [1.82, 2.24) is 4.90 Å². The Labute approximate surface area is 114 Å². The van der Waals surface area contributed by atoms with Crippen LogP contribution in [0.1, 0.15) is 32.3 Å². The van der Waals surface area contributed by atoms with E-state index in [1.165, 1.54) is 0 Å². The van der Waals surface area contributed by atoms with E-state index in [0.717, 1.165) is 23.7 Å². The Balaban J connectivity index is 2.29. The molecule has 0 radical (unpaired) electrons. The quantitative estimate of drug-likeness (QED) is 0.772. The van der Waals surface area contributed by atoms with Gasteiger partial charge in [-0.05, 0) is 32.4 Å². The van der Waals surface area contributed by atoms with Crippen molar-refractivity contribution in [2.75, 3.05) is 13.1 Å². The van der Waals surface area contributed by atoms with Crippen LogP contribution in [0.3, 0.4) is 0 Å². The third-order valence-corrected chi connectivity index (χ3v) is 4.08. The molecule has 0 N–H and O–H groups in total. The minimum atomic E-state index is 0.0316. The highest BCUT2D eigenvalue weighted by Gasteiger charge is 2.39. The summed E-state index contributed by atoms with van der Waals surface area (Å²) in [7, 11) is 0. The normalized spacial score (nSPS) is 25.1. The second kappa shape index (κ2) is 4.91. The molecule has 2 nitrogen and oxygen atoms in total. The Hall–Kier alpha value is -1.04. The fraction of sp³-hybridized carbons (Fsp3) is 0.533. The van der Waals surface area contributed by atoms with Crippen LogP contribution in [0.4, 0.5) is 0 Å². The average Bonchev–Trinajstić information content (AvgIpc) is 2.73. The summed E-state index contributed by atoms with van der Waals surface area (Å²) in [6.07, 6.45) is 0. The lowest BCUT2D eigenvalue weighted by molar-refractivity contribution is 0.170. The van der Waals surface area contributed by atoms with Gasteiger partial charge >= 0.3 is 0 Å². The van der Waals surface area contributed by atoms with Gasteiger partial charge in [0.25, 0.3) is 0 Å². The second-order valence-electron chi connectivity index (χ2n) is 5.94. The van der Waals surface area contributed by atoms with Crippen molar-refractivity contribution >= 4 is 11.6 Å². The molecule has 1 aromatic rings. The number of likely N-dealkylation sites (tertiary alicyclic amines) is 1. The van der Waals surface area contributed by atoms with Gasteiger partial charge in [0.1, 0.15) is 0 Å². The zero-order chi connectivity index (χ0) is 13.3. The average molecular weight is 263 g/mol. The lowest BCUT2D eigenvalue weighted by atomic mass is 9.90. The van der Waals surface area contributed by atoms with Crippen molar-refractivity contribution in [3.8, 4) is 6.07 Å². The van der Waals surface area contributed by atoms with Gasteiger partial charge in [0.15, 0.2) is 0 Å². The predicted octanol–water partition coefficient (Wildman–Crippen LogP) is 3.68. The van der Waals surface area contributed by atoms with Crippen LogP contribution in [0.2, 0.25) is 5.02 Å². The zero-order valence-electron chi connectivity index (χ0n) is 11.2. The fourth-order valence-electron chi connectivity index (χ4n) is 2.57. The summed E-state index contributed by atoms with van der Waals surface area (Å²) >= 11 is 6.26. The SMILES string of the molecule is CC(C)(C)N1C[C@H](c2ccccc2Cl)[C@@H](C#N)C1. The molecule has 1 saturated heterocycles. The molecule has 0 spiro atoms. The van der Waals surface area contributed by atoms with Gasteiger partial charge in [-0.1, -0.05) is 29.8 Å². The predicted molar refractivity (Wildman–Crippen MR) is 74.6 cm³/mol. The summed E-state index contributed by atoms with van der Waals surface area (Å²) in [4.78, 5) is 2.37. The lowest BCUT2D eigenvalue weighted by Gasteiger charge is -2.31. The van der Waals surface area contributed by atoms with Crippen molar-refractivity contribution in [3.05, 3.63) is 34.9 Å². The maximum Gasteiger partial charge on any atom is 0.0676 e. The van der Waals surface area contributed by atoms with E-state index in [0.29, 0.717) is 0 Å². The molecular formula is C15H19ClN2. The number of hydrogen-bond donors (Lipinski definition) is 0. The van der Waals surface area contributed by atoms with E-state index in [4.69, 9.17) is 11.6 Å². The van der Waals surface area contributed by atoms with Gasteiger partial charge in [0.05, 0.1) is 12.0 Å². The standard InChI is InChI=1S/C15H19ClN2/c1-15(2,3)18-9-11(8-17)13(10-18)12-6-4-5-7-14(12)16/h4-7,11,13H,9-10H2,1-3H3/t11-,13-/m0/s1. The van der Waals surface area contributed by atoms with E-state index in [1.807, 2.05) is 24.3 Å². The summed E-state index contributed by atoms with van der Waals surface area (Å²) < 4.78 is 0. The molecule has 1 aromatic carbocycles. The topological polar surface area (TPSA) is 27.0 Å². The van der Waals surface area contributed by atoms with Crippen molar-refractivity contribution < 1.29 is 0 Å². The van der Waals surface area contributed by atoms with Gasteiger partial charge in [-0.15, -0.1) is 0 Å². The molecule has 2 rings (SSSR count). The van der Waals surface area contributed by atoms with E-state index < -0.39 is 0 Å². The van der Waals surface area contributed by atoms with Gasteiger partial charge in [-0.2, -0.15) is 5.26 Å². The first-order chi connectivity index (χ1) is 8.43. The Bertz CT molecular complexity index is 470. The smallest absolute Gasteiger partial charge is 0.0676 e. The summed E-state index contributed by atoms with van der Waals surface area (Å²) in [5.74, 6) is 0.257. The molecule has 2 atom stereocenters. The van der Waals surface area contributed by atoms with Crippen LogP contribution in [-0.4, -0.2) is 23.5 Å². The van der Waals surface area contributed by atoms with E-state index in [1.54, 1.807) is 0 Å². The highest BCUT2D eigenvalue weighted by molar-refractivity contribution is 6.31. The van der Waals surface area contributed by atoms with Crippen LogP contribution < -0.4 is 0 Å². The van der Waals surface area contributed by atoms with Gasteiger partial charge in [-0.3, -0.25) is 4.90 Å². The van der Waals surface area contributed by atoms with Gasteiger partial charge in [0.2, 0.25) is 0 Å². The minimum absolute atomic E-state index is 0.0316. The summed E-state index contributed by atoms with van der Waals surface area (Å²) in [6.45, 7) is 8.31. The molecule has 1 heterocycles. The third kappa shape index (κ3) is 2.53. The maximum absolute atomic E-state index is 9.35. The number of rotatable bonds is 1. The van der Waals surface area contributed by atoms with Gasteiger partial charge in [0, 0.05) is 29.6 Å². The highest BCUT2D eigenvalue weighted by Crippen LogP contribution is 2.38. The number of nitrogens with zero attached hydrogens (tertiary/aromatic N) is 2. The van der Waals surface area contributed by atoms with Crippen LogP contribution in [0.25, 0.3) is 0 Å². The van der Waals surface area contributed by atoms with Gasteiger partial charge < -0.3 is 0 Å². The van der Waals surface area contributed by atoms with Crippen molar-refractivity contribution in [3.63, 3.8) is 0 Å². The number of nitriles is 1. The molecule has 0 aromatic heterocycles. The first kappa shape index (κ1) is 13.4. The Morgan fingerprint density at radius 1 is 1.28 bits per heavy atom. The zero-order valence-corrected chi connectivity index (χ0v) is 11.9. The molecular weight excluding hydrogens is 244 g/mol. The monoisotopic (exact) mass is 262 g/mol. The molecule has 3 heteroatoms. The maximum atomic E-state index is 9.35. The Morgan fingerprint density at radius 2 is 1.94 bits per heavy atom. The van der Waals surface area contributed by atoms with Crippen LogP contribution in [0.15, 0.2) is 24.3 Å². The summed E-state index contributed by atoms with van der Waals surface area (Å²) in [6, 6.07) is 10.3. The van der Waals surface area contributed by atoms with Crippen LogP contribution in [-0.2, 0) is 0 Å². The van der Waals surface area contributed by atoms with Crippen molar-refractivity contribution in [1.29, 1.82) is 5.26 Å². The molecule has 1 aliphatic heterocycles. The first-order valence-electron chi connectivity index (χ1n) is 6.32. The number of halogens is 1. The molecule has 18 heavy (non-hydrogen) atoms. The summed E-state index contributed by atoms with van der Waals surface area (Å²) in [5, 5.41) is 10.1. The van der Waals surface area contributed by atoms with Crippen molar-refractivity contribution in [2.45, 2.75) is 32.2 Å². The fourth-order valence-corrected chi connectivity index (χ4v) is 2.85. The van der Waals surface area contributed by atoms with Crippen LogP contribution in [0.5, 0.6) is 0 Å². The third-order valence-electron chi connectivity index (χ3n) is 3.74. The first-order valence-corrected chi connectivity index (χ1v) is 6.70. The number of hydrogen-bond acceptors (Lipinski definition) is 2. The molecule has 1 aliphatic rings. The highest BCUT2D eigenvalue weighted by atomic mass is 35.5. The van der Waals surface area contributed by atoms with E-state index >= 15 is 0 Å². The molecule has 0 aliphatic carbocycles. The van der Waals surface area contributed by atoms with E-state index in [2.05, 4.69) is 31.7 Å². The molecule has 0 saturated carbocycles. The van der Waals surface area contributed by atoms with Crippen molar-refractivity contribution in [2.24, 2.45) is 5.92 Å². The van der Waals surface area contributed by atoms with Crippen LogP contribution >= 0.6 is 11.6 Å². The second-order valence-corrected chi connectivity index (χ2v) is 6.35. The molecule has 0 amide bonds. The molecule has 0 bridgehead atoms. The van der Waals surface area contributed by atoms with E-state index in [-0.39, 0.29) is 17.4 Å². The minimum Gasteiger partial charge on any atom is -0.297 e.